The Bertz CT molecular complexity index is 378. The van der Waals surface area contributed by atoms with Crippen molar-refractivity contribution in [1.82, 2.24) is 9.97 Å². The lowest BCUT2D eigenvalue weighted by Crippen LogP contribution is -2.37. The molecule has 0 atom stereocenters. The molecule has 94 valence electrons. The van der Waals surface area contributed by atoms with E-state index in [1.807, 2.05) is 0 Å². The van der Waals surface area contributed by atoms with Gasteiger partial charge in [-0.15, -0.1) is 0 Å². The summed E-state index contributed by atoms with van der Waals surface area (Å²) in [5.41, 5.74) is 1.05. The minimum Gasteiger partial charge on any atom is -0.381 e. The number of rotatable bonds is 3. The lowest BCUT2D eigenvalue weighted by Gasteiger charge is -2.33. The van der Waals surface area contributed by atoms with E-state index in [4.69, 9.17) is 16.3 Å². The Labute approximate surface area is 107 Å². The molecule has 0 radical (unpaired) electrons. The number of piperidine rings is 1. The molecule has 1 aromatic rings. The van der Waals surface area contributed by atoms with E-state index in [2.05, 4.69) is 21.8 Å². The Morgan fingerprint density at radius 2 is 2.12 bits per heavy atom. The molecule has 0 bridgehead atoms. The maximum atomic E-state index is 6.10. The Morgan fingerprint density at radius 3 is 2.71 bits per heavy atom. The van der Waals surface area contributed by atoms with Gasteiger partial charge in [-0.25, -0.2) is 9.97 Å². The molecule has 17 heavy (non-hydrogen) atoms. The van der Waals surface area contributed by atoms with Gasteiger partial charge in [0.2, 0.25) is 0 Å². The molecule has 5 heteroatoms. The summed E-state index contributed by atoms with van der Waals surface area (Å²) in [4.78, 5) is 10.7. The van der Waals surface area contributed by atoms with Gasteiger partial charge in [-0.2, -0.15) is 0 Å². The Hall–Kier alpha value is -0.870. The summed E-state index contributed by atoms with van der Waals surface area (Å²) in [5, 5.41) is 0.575. The van der Waals surface area contributed by atoms with Crippen molar-refractivity contribution in [3.8, 4) is 0 Å². The van der Waals surface area contributed by atoms with Gasteiger partial charge in [0, 0.05) is 25.8 Å². The van der Waals surface area contributed by atoms with E-state index < -0.39 is 0 Å². The SMILES string of the molecule is CCc1c(Cl)ncnc1N1CCC(OC)CC1. The first-order chi connectivity index (χ1) is 8.26. The minimum absolute atomic E-state index is 0.383. The molecular formula is C12H18ClN3O. The maximum absolute atomic E-state index is 6.10. The first-order valence-corrected chi connectivity index (χ1v) is 6.41. The summed E-state index contributed by atoms with van der Waals surface area (Å²) in [7, 11) is 1.78. The van der Waals surface area contributed by atoms with Crippen LogP contribution in [0.5, 0.6) is 0 Å². The number of hydrogen-bond donors (Lipinski definition) is 0. The van der Waals surface area contributed by atoms with E-state index in [1.165, 1.54) is 0 Å². The first kappa shape index (κ1) is 12.6. The van der Waals surface area contributed by atoms with E-state index in [0.717, 1.165) is 43.7 Å². The number of ether oxygens (including phenoxy) is 1. The van der Waals surface area contributed by atoms with Crippen LogP contribution in [-0.2, 0) is 11.2 Å². The topological polar surface area (TPSA) is 38.2 Å². The van der Waals surface area contributed by atoms with Crippen LogP contribution in [0, 0.1) is 0 Å². The highest BCUT2D eigenvalue weighted by molar-refractivity contribution is 6.30. The van der Waals surface area contributed by atoms with Crippen molar-refractivity contribution in [2.75, 3.05) is 25.1 Å². The fourth-order valence-electron chi connectivity index (χ4n) is 2.26. The molecule has 1 fully saturated rings. The van der Waals surface area contributed by atoms with Crippen molar-refractivity contribution < 1.29 is 4.74 Å². The van der Waals surface area contributed by atoms with Gasteiger partial charge >= 0.3 is 0 Å². The normalized spacial score (nSPS) is 17.5. The molecule has 1 aliphatic rings. The maximum Gasteiger partial charge on any atom is 0.137 e. The van der Waals surface area contributed by atoms with Crippen LogP contribution in [0.1, 0.15) is 25.3 Å². The third kappa shape index (κ3) is 2.69. The van der Waals surface area contributed by atoms with E-state index in [-0.39, 0.29) is 0 Å². The highest BCUT2D eigenvalue weighted by atomic mass is 35.5. The van der Waals surface area contributed by atoms with Gasteiger partial charge in [-0.05, 0) is 19.3 Å². The third-order valence-electron chi connectivity index (χ3n) is 3.30. The summed E-state index contributed by atoms with van der Waals surface area (Å²) in [5.74, 6) is 0.988. The van der Waals surface area contributed by atoms with E-state index in [0.29, 0.717) is 11.3 Å². The van der Waals surface area contributed by atoms with Crippen LogP contribution >= 0.6 is 11.6 Å². The fraction of sp³-hybridized carbons (Fsp3) is 0.667. The van der Waals surface area contributed by atoms with Gasteiger partial charge in [-0.3, -0.25) is 0 Å². The van der Waals surface area contributed by atoms with E-state index in [1.54, 1.807) is 13.4 Å². The Kier molecular flexibility index (Phi) is 4.18. The van der Waals surface area contributed by atoms with Crippen LogP contribution in [0.3, 0.4) is 0 Å². The summed E-state index contributed by atoms with van der Waals surface area (Å²) in [6, 6.07) is 0. The zero-order valence-electron chi connectivity index (χ0n) is 10.3. The summed E-state index contributed by atoms with van der Waals surface area (Å²) >= 11 is 6.10. The number of halogens is 1. The van der Waals surface area contributed by atoms with Crippen LogP contribution in [0.2, 0.25) is 5.15 Å². The molecule has 0 unspecified atom stereocenters. The van der Waals surface area contributed by atoms with Gasteiger partial charge in [-0.1, -0.05) is 18.5 Å². The van der Waals surface area contributed by atoms with Gasteiger partial charge in [0.1, 0.15) is 17.3 Å². The average molecular weight is 256 g/mol. The van der Waals surface area contributed by atoms with Crippen LogP contribution in [-0.4, -0.2) is 36.3 Å². The second kappa shape index (κ2) is 5.65. The molecule has 2 rings (SSSR count). The smallest absolute Gasteiger partial charge is 0.137 e. The Morgan fingerprint density at radius 1 is 1.41 bits per heavy atom. The van der Waals surface area contributed by atoms with Crippen molar-refractivity contribution in [3.63, 3.8) is 0 Å². The van der Waals surface area contributed by atoms with E-state index >= 15 is 0 Å². The molecule has 0 aliphatic carbocycles. The molecule has 0 saturated carbocycles. The van der Waals surface area contributed by atoms with Crippen LogP contribution < -0.4 is 4.90 Å². The summed E-state index contributed by atoms with van der Waals surface area (Å²) in [6.07, 6.45) is 4.87. The average Bonchev–Trinajstić information content (AvgIpc) is 2.38. The van der Waals surface area contributed by atoms with Crippen molar-refractivity contribution in [2.45, 2.75) is 32.3 Å². The molecule has 1 aliphatic heterocycles. The van der Waals surface area contributed by atoms with Crippen molar-refractivity contribution in [3.05, 3.63) is 17.0 Å². The lowest BCUT2D eigenvalue weighted by atomic mass is 10.1. The number of aromatic nitrogens is 2. The van der Waals surface area contributed by atoms with Crippen molar-refractivity contribution in [2.24, 2.45) is 0 Å². The zero-order chi connectivity index (χ0) is 12.3. The number of anilines is 1. The minimum atomic E-state index is 0.383. The molecule has 1 aromatic heterocycles. The van der Waals surface area contributed by atoms with Crippen molar-refractivity contribution in [1.29, 1.82) is 0 Å². The second-order valence-corrected chi connectivity index (χ2v) is 4.60. The molecule has 0 amide bonds. The fourth-order valence-corrected chi connectivity index (χ4v) is 2.52. The van der Waals surface area contributed by atoms with Gasteiger partial charge in [0.05, 0.1) is 6.10 Å². The summed E-state index contributed by atoms with van der Waals surface area (Å²) < 4.78 is 5.37. The second-order valence-electron chi connectivity index (χ2n) is 4.24. The van der Waals surface area contributed by atoms with Gasteiger partial charge in [0.15, 0.2) is 0 Å². The van der Waals surface area contributed by atoms with Gasteiger partial charge in [0.25, 0.3) is 0 Å². The zero-order valence-corrected chi connectivity index (χ0v) is 11.1. The largest absolute Gasteiger partial charge is 0.381 e. The van der Waals surface area contributed by atoms with Crippen LogP contribution in [0.4, 0.5) is 5.82 Å². The first-order valence-electron chi connectivity index (χ1n) is 6.03. The van der Waals surface area contributed by atoms with E-state index in [9.17, 15) is 0 Å². The molecule has 2 heterocycles. The number of nitrogens with zero attached hydrogens (tertiary/aromatic N) is 3. The van der Waals surface area contributed by atoms with Gasteiger partial charge < -0.3 is 9.64 Å². The number of hydrogen-bond acceptors (Lipinski definition) is 4. The third-order valence-corrected chi connectivity index (χ3v) is 3.62. The monoisotopic (exact) mass is 255 g/mol. The van der Waals surface area contributed by atoms with Crippen LogP contribution in [0.15, 0.2) is 6.33 Å². The van der Waals surface area contributed by atoms with Crippen LogP contribution in [0.25, 0.3) is 0 Å². The highest BCUT2D eigenvalue weighted by Gasteiger charge is 2.22. The van der Waals surface area contributed by atoms with Crippen molar-refractivity contribution >= 4 is 17.4 Å². The summed E-state index contributed by atoms with van der Waals surface area (Å²) in [6.45, 7) is 4.02. The molecule has 0 spiro atoms. The molecular weight excluding hydrogens is 238 g/mol. The molecule has 1 saturated heterocycles. The number of methoxy groups -OCH3 is 1. The Balaban J connectivity index is 2.15. The predicted octanol–water partition coefficient (Wildman–Crippen LogP) is 2.31. The standard InChI is InChI=1S/C12H18ClN3O/c1-3-10-11(13)14-8-15-12(10)16-6-4-9(17-2)5-7-16/h8-9H,3-7H2,1-2H3. The molecule has 0 aromatic carbocycles. The lowest BCUT2D eigenvalue weighted by molar-refractivity contribution is 0.0817. The predicted molar refractivity (Wildman–Crippen MR) is 68.7 cm³/mol. The molecule has 0 N–H and O–H groups in total. The highest BCUT2D eigenvalue weighted by Crippen LogP contribution is 2.26. The molecule has 4 nitrogen and oxygen atoms in total. The quantitative estimate of drug-likeness (QED) is 0.777.